The van der Waals surface area contributed by atoms with E-state index in [0.717, 1.165) is 39.9 Å². The number of aryl methyl sites for hydroxylation is 2. The van der Waals surface area contributed by atoms with Gasteiger partial charge in [-0.1, -0.05) is 13.0 Å². The van der Waals surface area contributed by atoms with Gasteiger partial charge in [-0.15, -0.1) is 0 Å². The van der Waals surface area contributed by atoms with Crippen LogP contribution in [0.3, 0.4) is 0 Å². The molecule has 0 radical (unpaired) electrons. The van der Waals surface area contributed by atoms with Crippen LogP contribution >= 0.6 is 0 Å². The molecule has 1 aliphatic rings. The van der Waals surface area contributed by atoms with Gasteiger partial charge in [0.25, 0.3) is 0 Å². The van der Waals surface area contributed by atoms with Gasteiger partial charge in [-0.25, -0.2) is 9.18 Å². The lowest BCUT2D eigenvalue weighted by molar-refractivity contribution is 0.287. The molecular weight excluding hydrogens is 321 g/mol. The first kappa shape index (κ1) is 15.7. The Hall–Kier alpha value is -2.82. The molecule has 0 amide bonds. The van der Waals surface area contributed by atoms with Crippen LogP contribution in [0.15, 0.2) is 45.6 Å². The summed E-state index contributed by atoms with van der Waals surface area (Å²) < 4.78 is 24.9. The Balaban J connectivity index is 1.84. The second-order valence-corrected chi connectivity index (χ2v) is 6.26. The molecule has 0 atom stereocenters. The van der Waals surface area contributed by atoms with E-state index in [4.69, 9.17) is 9.15 Å². The predicted molar refractivity (Wildman–Crippen MR) is 94.7 cm³/mol. The second kappa shape index (κ2) is 5.92. The number of fused-ring (bicyclic) bond motifs is 2. The Morgan fingerprint density at radius 3 is 2.84 bits per heavy atom. The number of benzene rings is 2. The molecule has 2 heterocycles. The molecule has 0 saturated heterocycles. The molecule has 1 aliphatic heterocycles. The number of nitrogens with zero attached hydrogens (tertiary/aromatic N) is 1. The summed E-state index contributed by atoms with van der Waals surface area (Å²) in [5, 5.41) is 0.933. The molecule has 0 saturated carbocycles. The summed E-state index contributed by atoms with van der Waals surface area (Å²) >= 11 is 0. The van der Waals surface area contributed by atoms with Crippen molar-refractivity contribution >= 4 is 16.7 Å². The van der Waals surface area contributed by atoms with E-state index in [-0.39, 0.29) is 11.4 Å². The van der Waals surface area contributed by atoms with Gasteiger partial charge in [-0.2, -0.15) is 0 Å². The molecule has 0 spiro atoms. The highest BCUT2D eigenvalue weighted by Gasteiger charge is 2.23. The van der Waals surface area contributed by atoms with E-state index >= 15 is 0 Å². The highest BCUT2D eigenvalue weighted by Crippen LogP contribution is 2.37. The van der Waals surface area contributed by atoms with E-state index in [0.29, 0.717) is 18.9 Å². The van der Waals surface area contributed by atoms with Crippen molar-refractivity contribution in [1.82, 2.24) is 0 Å². The lowest BCUT2D eigenvalue weighted by atomic mass is 9.99. The summed E-state index contributed by atoms with van der Waals surface area (Å²) in [6, 6.07) is 10.0. The monoisotopic (exact) mass is 339 g/mol. The van der Waals surface area contributed by atoms with Crippen molar-refractivity contribution in [3.8, 4) is 5.75 Å². The first-order chi connectivity index (χ1) is 12.1. The molecule has 5 heteroatoms. The molecule has 4 nitrogen and oxygen atoms in total. The van der Waals surface area contributed by atoms with Crippen LogP contribution in [0.5, 0.6) is 5.75 Å². The summed E-state index contributed by atoms with van der Waals surface area (Å²) in [6.07, 6.45) is 0.745. The Morgan fingerprint density at radius 1 is 1.24 bits per heavy atom. The predicted octanol–water partition coefficient (Wildman–Crippen LogP) is 4.16. The molecule has 3 aromatic rings. The van der Waals surface area contributed by atoms with Crippen LogP contribution in [0, 0.1) is 12.7 Å². The van der Waals surface area contributed by atoms with Gasteiger partial charge in [0, 0.05) is 34.8 Å². The van der Waals surface area contributed by atoms with Gasteiger partial charge in [0.1, 0.15) is 17.1 Å². The highest BCUT2D eigenvalue weighted by atomic mass is 19.1. The molecule has 128 valence electrons. The maximum Gasteiger partial charge on any atom is 0.336 e. The SMILES string of the molecule is CCc1cc(=O)oc2c(C)c3c(cc12)CN(c1cccc(F)c1)CO3. The van der Waals surface area contributed by atoms with Gasteiger partial charge in [-0.05, 0) is 43.2 Å². The van der Waals surface area contributed by atoms with E-state index in [1.165, 1.54) is 12.1 Å². The van der Waals surface area contributed by atoms with Crippen molar-refractivity contribution in [3.63, 3.8) is 0 Å². The zero-order valence-electron chi connectivity index (χ0n) is 14.1. The van der Waals surface area contributed by atoms with Gasteiger partial charge >= 0.3 is 5.63 Å². The van der Waals surface area contributed by atoms with Gasteiger partial charge in [0.2, 0.25) is 0 Å². The minimum Gasteiger partial charge on any atom is -0.472 e. The van der Waals surface area contributed by atoms with E-state index in [1.807, 2.05) is 30.9 Å². The summed E-state index contributed by atoms with van der Waals surface area (Å²) in [4.78, 5) is 13.8. The molecule has 25 heavy (non-hydrogen) atoms. The van der Waals surface area contributed by atoms with Gasteiger partial charge in [0.15, 0.2) is 6.73 Å². The van der Waals surface area contributed by atoms with Crippen molar-refractivity contribution in [3.05, 3.63) is 69.3 Å². The summed E-state index contributed by atoms with van der Waals surface area (Å²) in [5.41, 5.74) is 3.81. The third kappa shape index (κ3) is 2.65. The fourth-order valence-corrected chi connectivity index (χ4v) is 3.41. The number of anilines is 1. The van der Waals surface area contributed by atoms with Crippen LogP contribution in [-0.2, 0) is 13.0 Å². The third-order valence-electron chi connectivity index (χ3n) is 4.66. The standard InChI is InChI=1S/C20H18FNO3/c1-3-13-8-18(23)25-20-12(2)19-14(7-17(13)20)10-22(11-24-19)16-6-4-5-15(21)9-16/h4-9H,3,10-11H2,1-2H3. The number of rotatable bonds is 2. The van der Waals surface area contributed by atoms with Crippen molar-refractivity contribution in [2.75, 3.05) is 11.6 Å². The Labute approximate surface area is 144 Å². The summed E-state index contributed by atoms with van der Waals surface area (Å²) in [6.45, 7) is 4.85. The highest BCUT2D eigenvalue weighted by molar-refractivity contribution is 5.86. The van der Waals surface area contributed by atoms with Gasteiger partial charge < -0.3 is 14.1 Å². The van der Waals surface area contributed by atoms with Gasteiger partial charge in [-0.3, -0.25) is 0 Å². The molecule has 1 aromatic heterocycles. The number of ether oxygens (including phenoxy) is 1. The fraction of sp³-hybridized carbons (Fsp3) is 0.250. The van der Waals surface area contributed by atoms with Crippen LogP contribution in [0.2, 0.25) is 0 Å². The summed E-state index contributed by atoms with van der Waals surface area (Å²) in [7, 11) is 0. The van der Waals surface area contributed by atoms with E-state index in [1.54, 1.807) is 12.1 Å². The van der Waals surface area contributed by atoms with Crippen molar-refractivity contribution < 1.29 is 13.5 Å². The lowest BCUT2D eigenvalue weighted by Crippen LogP contribution is -2.32. The van der Waals surface area contributed by atoms with Crippen LogP contribution < -0.4 is 15.3 Å². The Kier molecular flexibility index (Phi) is 3.71. The third-order valence-corrected chi connectivity index (χ3v) is 4.66. The van der Waals surface area contributed by atoms with Gasteiger partial charge in [0.05, 0.1) is 0 Å². The normalized spacial score (nSPS) is 13.6. The van der Waals surface area contributed by atoms with Crippen LogP contribution in [0.4, 0.5) is 10.1 Å². The molecule has 0 N–H and O–H groups in total. The summed E-state index contributed by atoms with van der Waals surface area (Å²) in [5.74, 6) is 0.476. The molecular formula is C20H18FNO3. The molecule has 2 aromatic carbocycles. The largest absolute Gasteiger partial charge is 0.472 e. The minimum atomic E-state index is -0.343. The first-order valence-corrected chi connectivity index (χ1v) is 8.29. The Bertz CT molecular complexity index is 1030. The fourth-order valence-electron chi connectivity index (χ4n) is 3.41. The van der Waals surface area contributed by atoms with Crippen LogP contribution in [-0.4, -0.2) is 6.73 Å². The van der Waals surface area contributed by atoms with Crippen molar-refractivity contribution in [2.45, 2.75) is 26.8 Å². The molecule has 0 fully saturated rings. The van der Waals surface area contributed by atoms with Crippen LogP contribution in [0.1, 0.15) is 23.6 Å². The van der Waals surface area contributed by atoms with Crippen LogP contribution in [0.25, 0.3) is 11.0 Å². The number of hydrogen-bond acceptors (Lipinski definition) is 4. The second-order valence-electron chi connectivity index (χ2n) is 6.26. The number of halogens is 1. The van der Waals surface area contributed by atoms with E-state index in [9.17, 15) is 9.18 Å². The maximum absolute atomic E-state index is 13.5. The maximum atomic E-state index is 13.5. The molecule has 0 unspecified atom stereocenters. The quantitative estimate of drug-likeness (QED) is 0.658. The lowest BCUT2D eigenvalue weighted by Gasteiger charge is -2.32. The van der Waals surface area contributed by atoms with Crippen molar-refractivity contribution in [2.24, 2.45) is 0 Å². The average molecular weight is 339 g/mol. The zero-order valence-corrected chi connectivity index (χ0v) is 14.1. The molecule has 4 rings (SSSR count). The zero-order chi connectivity index (χ0) is 17.6. The topological polar surface area (TPSA) is 42.7 Å². The Morgan fingerprint density at radius 2 is 2.08 bits per heavy atom. The number of hydrogen-bond donors (Lipinski definition) is 0. The molecule has 0 aliphatic carbocycles. The van der Waals surface area contributed by atoms with E-state index in [2.05, 4.69) is 0 Å². The average Bonchev–Trinajstić information content (AvgIpc) is 2.61. The smallest absolute Gasteiger partial charge is 0.336 e. The van der Waals surface area contributed by atoms with E-state index < -0.39 is 0 Å². The first-order valence-electron chi connectivity index (χ1n) is 8.29. The van der Waals surface area contributed by atoms with Crippen molar-refractivity contribution in [1.29, 1.82) is 0 Å². The minimum absolute atomic E-state index is 0.270. The molecule has 0 bridgehead atoms.